The molecule has 3 unspecified atom stereocenters. The third kappa shape index (κ3) is 4.36. The van der Waals surface area contributed by atoms with Crippen molar-refractivity contribution in [3.63, 3.8) is 0 Å². The van der Waals surface area contributed by atoms with Crippen LogP contribution in [0.4, 0.5) is 0 Å². The van der Waals surface area contributed by atoms with E-state index >= 15 is 0 Å². The molecule has 23 heavy (non-hydrogen) atoms. The lowest BCUT2D eigenvalue weighted by atomic mass is 10.0. The monoisotopic (exact) mass is 321 g/mol. The number of amides is 1. The smallest absolute Gasteiger partial charge is 0.239 e. The molecule has 2 rings (SSSR count). The lowest BCUT2D eigenvalue weighted by Gasteiger charge is -2.18. The van der Waals surface area contributed by atoms with Crippen LogP contribution in [0.5, 0.6) is 11.5 Å². The number of carbonyl (C=O) groups excluding carboxylic acids is 1. The van der Waals surface area contributed by atoms with E-state index < -0.39 is 0 Å². The SMILES string of the molecule is CCCC1CC(C(=O)NC(C)c2ccc(OC)c(OC)c2)NN1. The van der Waals surface area contributed by atoms with Gasteiger partial charge in [0.05, 0.1) is 20.3 Å². The van der Waals surface area contributed by atoms with Crippen LogP contribution >= 0.6 is 0 Å². The Morgan fingerprint density at radius 3 is 2.70 bits per heavy atom. The number of rotatable bonds is 7. The predicted molar refractivity (Wildman–Crippen MR) is 89.5 cm³/mol. The Labute approximate surface area is 137 Å². The molecular formula is C17H27N3O3. The van der Waals surface area contributed by atoms with Crippen molar-refractivity contribution in [2.75, 3.05) is 14.2 Å². The molecule has 1 saturated heterocycles. The molecule has 3 N–H and O–H groups in total. The molecule has 0 bridgehead atoms. The van der Waals surface area contributed by atoms with Crippen molar-refractivity contribution in [3.8, 4) is 11.5 Å². The molecule has 0 aliphatic carbocycles. The zero-order chi connectivity index (χ0) is 16.8. The van der Waals surface area contributed by atoms with E-state index in [0.717, 1.165) is 24.8 Å². The summed E-state index contributed by atoms with van der Waals surface area (Å²) in [5, 5.41) is 3.05. The highest BCUT2D eigenvalue weighted by molar-refractivity contribution is 5.82. The lowest BCUT2D eigenvalue weighted by Crippen LogP contribution is -2.44. The van der Waals surface area contributed by atoms with Gasteiger partial charge in [-0.2, -0.15) is 0 Å². The van der Waals surface area contributed by atoms with E-state index in [1.807, 2.05) is 25.1 Å². The number of ether oxygens (including phenoxy) is 2. The molecule has 0 saturated carbocycles. The first-order valence-electron chi connectivity index (χ1n) is 8.12. The number of hydrogen-bond donors (Lipinski definition) is 3. The molecule has 3 atom stereocenters. The van der Waals surface area contributed by atoms with Gasteiger partial charge in [0, 0.05) is 6.04 Å². The minimum atomic E-state index is -0.186. The van der Waals surface area contributed by atoms with E-state index in [-0.39, 0.29) is 18.0 Å². The highest BCUT2D eigenvalue weighted by Crippen LogP contribution is 2.29. The lowest BCUT2D eigenvalue weighted by molar-refractivity contribution is -0.123. The van der Waals surface area contributed by atoms with Gasteiger partial charge in [-0.25, -0.2) is 5.43 Å². The molecular weight excluding hydrogens is 294 g/mol. The Bertz CT molecular complexity index is 536. The molecule has 6 heteroatoms. The highest BCUT2D eigenvalue weighted by Gasteiger charge is 2.29. The molecule has 1 heterocycles. The summed E-state index contributed by atoms with van der Waals surface area (Å²) in [7, 11) is 3.21. The van der Waals surface area contributed by atoms with E-state index in [1.54, 1.807) is 14.2 Å². The molecule has 0 aromatic heterocycles. The van der Waals surface area contributed by atoms with Crippen molar-refractivity contribution in [2.24, 2.45) is 0 Å². The third-order valence-corrected chi connectivity index (χ3v) is 4.20. The summed E-state index contributed by atoms with van der Waals surface area (Å²) in [5.74, 6) is 1.35. The van der Waals surface area contributed by atoms with E-state index in [4.69, 9.17) is 9.47 Å². The van der Waals surface area contributed by atoms with Crippen molar-refractivity contribution < 1.29 is 14.3 Å². The molecule has 1 amide bonds. The maximum Gasteiger partial charge on any atom is 0.239 e. The van der Waals surface area contributed by atoms with Crippen LogP contribution in [0, 0.1) is 0 Å². The van der Waals surface area contributed by atoms with Crippen LogP contribution < -0.4 is 25.6 Å². The molecule has 0 radical (unpaired) electrons. The Morgan fingerprint density at radius 2 is 2.04 bits per heavy atom. The molecule has 6 nitrogen and oxygen atoms in total. The zero-order valence-corrected chi connectivity index (χ0v) is 14.3. The molecule has 1 aromatic carbocycles. The van der Waals surface area contributed by atoms with Gasteiger partial charge < -0.3 is 14.8 Å². The fraction of sp³-hybridized carbons (Fsp3) is 0.588. The van der Waals surface area contributed by atoms with Crippen LogP contribution in [0.15, 0.2) is 18.2 Å². The summed E-state index contributed by atoms with van der Waals surface area (Å²) in [6, 6.07) is 5.76. The second-order valence-corrected chi connectivity index (χ2v) is 5.91. The van der Waals surface area contributed by atoms with Gasteiger partial charge in [-0.15, -0.1) is 0 Å². The minimum absolute atomic E-state index is 0.0124. The maximum atomic E-state index is 12.4. The zero-order valence-electron chi connectivity index (χ0n) is 14.3. The van der Waals surface area contributed by atoms with E-state index in [0.29, 0.717) is 17.5 Å². The van der Waals surface area contributed by atoms with Gasteiger partial charge in [-0.1, -0.05) is 19.4 Å². The molecule has 1 aliphatic heterocycles. The Morgan fingerprint density at radius 1 is 1.30 bits per heavy atom. The van der Waals surface area contributed by atoms with Gasteiger partial charge in [0.15, 0.2) is 11.5 Å². The summed E-state index contributed by atoms with van der Waals surface area (Å²) in [4.78, 5) is 12.4. The van der Waals surface area contributed by atoms with Gasteiger partial charge in [-0.3, -0.25) is 10.2 Å². The van der Waals surface area contributed by atoms with Crippen molar-refractivity contribution in [3.05, 3.63) is 23.8 Å². The first kappa shape index (κ1) is 17.6. The molecule has 128 valence electrons. The van der Waals surface area contributed by atoms with Crippen molar-refractivity contribution in [1.29, 1.82) is 0 Å². The summed E-state index contributed by atoms with van der Waals surface area (Å²) < 4.78 is 10.6. The van der Waals surface area contributed by atoms with Crippen LogP contribution in [-0.2, 0) is 4.79 Å². The largest absolute Gasteiger partial charge is 0.493 e. The standard InChI is InChI=1S/C17H27N3O3/c1-5-6-13-10-14(20-19-13)17(21)18-11(2)12-7-8-15(22-3)16(9-12)23-4/h7-9,11,13-14,19-20H,5-6,10H2,1-4H3,(H,18,21). The summed E-state index contributed by atoms with van der Waals surface area (Å²) >= 11 is 0. The van der Waals surface area contributed by atoms with Gasteiger partial charge in [-0.05, 0) is 37.5 Å². The Balaban J connectivity index is 1.96. The van der Waals surface area contributed by atoms with Crippen LogP contribution in [0.2, 0.25) is 0 Å². The topological polar surface area (TPSA) is 71.6 Å². The minimum Gasteiger partial charge on any atom is -0.493 e. The summed E-state index contributed by atoms with van der Waals surface area (Å²) in [5.41, 5.74) is 7.25. The third-order valence-electron chi connectivity index (χ3n) is 4.20. The van der Waals surface area contributed by atoms with Crippen LogP contribution in [0.25, 0.3) is 0 Å². The predicted octanol–water partition coefficient (Wildman–Crippen LogP) is 1.92. The maximum absolute atomic E-state index is 12.4. The van der Waals surface area contributed by atoms with Gasteiger partial charge >= 0.3 is 0 Å². The second-order valence-electron chi connectivity index (χ2n) is 5.91. The molecule has 1 aromatic rings. The van der Waals surface area contributed by atoms with E-state index in [1.165, 1.54) is 0 Å². The van der Waals surface area contributed by atoms with Crippen LogP contribution in [-0.4, -0.2) is 32.2 Å². The summed E-state index contributed by atoms with van der Waals surface area (Å²) in [6.45, 7) is 4.11. The number of methoxy groups -OCH3 is 2. The highest BCUT2D eigenvalue weighted by atomic mass is 16.5. The normalized spacial score (nSPS) is 21.7. The first-order valence-corrected chi connectivity index (χ1v) is 8.12. The van der Waals surface area contributed by atoms with Gasteiger partial charge in [0.1, 0.15) is 6.04 Å². The van der Waals surface area contributed by atoms with Crippen molar-refractivity contribution in [2.45, 2.75) is 51.2 Å². The Kier molecular flexibility index (Phi) is 6.24. The van der Waals surface area contributed by atoms with Crippen LogP contribution in [0.3, 0.4) is 0 Å². The summed E-state index contributed by atoms with van der Waals surface area (Å²) in [6.07, 6.45) is 3.00. The van der Waals surface area contributed by atoms with E-state index in [9.17, 15) is 4.79 Å². The van der Waals surface area contributed by atoms with Gasteiger partial charge in [0.25, 0.3) is 0 Å². The van der Waals surface area contributed by atoms with Crippen molar-refractivity contribution >= 4 is 5.91 Å². The number of carbonyl (C=O) groups is 1. The molecule has 0 spiro atoms. The fourth-order valence-electron chi connectivity index (χ4n) is 2.85. The fourth-order valence-corrected chi connectivity index (χ4v) is 2.85. The van der Waals surface area contributed by atoms with Crippen molar-refractivity contribution in [1.82, 2.24) is 16.2 Å². The molecule has 1 fully saturated rings. The van der Waals surface area contributed by atoms with E-state index in [2.05, 4.69) is 23.1 Å². The molecule has 1 aliphatic rings. The number of nitrogens with one attached hydrogen (secondary N) is 3. The quantitative estimate of drug-likeness (QED) is 0.716. The Hall–Kier alpha value is -1.79. The second kappa shape index (κ2) is 8.17. The van der Waals surface area contributed by atoms with Gasteiger partial charge in [0.2, 0.25) is 5.91 Å². The number of benzene rings is 1. The average molecular weight is 321 g/mol. The number of hydrazine groups is 1. The number of hydrogen-bond acceptors (Lipinski definition) is 5. The first-order chi connectivity index (χ1) is 11.1. The van der Waals surface area contributed by atoms with Crippen LogP contribution in [0.1, 0.15) is 44.7 Å². The average Bonchev–Trinajstić information content (AvgIpc) is 3.03.